The molecular weight excluding hydrogens is 262 g/mol. The van der Waals surface area contributed by atoms with Crippen molar-refractivity contribution in [3.8, 4) is 0 Å². The van der Waals surface area contributed by atoms with E-state index in [2.05, 4.69) is 11.0 Å². The first-order valence-electron chi connectivity index (χ1n) is 8.27. The summed E-state index contributed by atoms with van der Waals surface area (Å²) < 4.78 is 0. The molecule has 3 rings (SSSR count). The van der Waals surface area contributed by atoms with E-state index in [1.165, 1.54) is 44.1 Å². The third-order valence-corrected chi connectivity index (χ3v) is 5.05. The first kappa shape index (κ1) is 14.6. The Morgan fingerprint density at radius 2 is 1.86 bits per heavy atom. The van der Waals surface area contributed by atoms with Crippen molar-refractivity contribution in [2.45, 2.75) is 51.0 Å². The Bertz CT molecular complexity index is 492. The van der Waals surface area contributed by atoms with Crippen LogP contribution in [0.25, 0.3) is 0 Å². The molecule has 1 heterocycles. The second kappa shape index (κ2) is 6.61. The summed E-state index contributed by atoms with van der Waals surface area (Å²) in [5.74, 6) is -0.291. The smallest absolute Gasteiger partial charge is 0.312 e. The van der Waals surface area contributed by atoms with E-state index in [1.54, 1.807) is 0 Å². The molecule has 1 unspecified atom stereocenters. The van der Waals surface area contributed by atoms with Gasteiger partial charge in [-0.05, 0) is 29.9 Å². The molecule has 0 radical (unpaired) electrons. The van der Waals surface area contributed by atoms with Crippen LogP contribution in [0, 0.1) is 5.92 Å². The average Bonchev–Trinajstić information content (AvgIpc) is 2.75. The monoisotopic (exact) mass is 287 g/mol. The normalized spacial score (nSPS) is 24.3. The van der Waals surface area contributed by atoms with Crippen molar-refractivity contribution in [1.82, 2.24) is 4.90 Å². The predicted octanol–water partition coefficient (Wildman–Crippen LogP) is 3.64. The molecular formula is C18H25NO2. The summed E-state index contributed by atoms with van der Waals surface area (Å²) in [4.78, 5) is 14.0. The molecule has 1 aromatic carbocycles. The van der Waals surface area contributed by atoms with Crippen LogP contribution >= 0.6 is 0 Å². The van der Waals surface area contributed by atoms with Gasteiger partial charge in [0.1, 0.15) is 0 Å². The molecule has 1 aliphatic carbocycles. The Balaban J connectivity index is 1.72. The molecule has 1 aliphatic heterocycles. The van der Waals surface area contributed by atoms with Gasteiger partial charge in [0.25, 0.3) is 0 Å². The first-order valence-corrected chi connectivity index (χ1v) is 8.27. The number of hydrogen-bond acceptors (Lipinski definition) is 2. The molecule has 0 spiro atoms. The van der Waals surface area contributed by atoms with Gasteiger partial charge in [0, 0.05) is 19.6 Å². The molecule has 3 heteroatoms. The number of rotatable bonds is 3. The van der Waals surface area contributed by atoms with Gasteiger partial charge >= 0.3 is 5.97 Å². The van der Waals surface area contributed by atoms with Gasteiger partial charge in [-0.2, -0.15) is 0 Å². The van der Waals surface area contributed by atoms with Crippen molar-refractivity contribution in [1.29, 1.82) is 0 Å². The highest BCUT2D eigenvalue weighted by Gasteiger charge is 2.31. The minimum absolute atomic E-state index is 0.360. The minimum Gasteiger partial charge on any atom is -0.481 e. The van der Waals surface area contributed by atoms with Crippen LogP contribution in [0.3, 0.4) is 0 Å². The summed E-state index contributed by atoms with van der Waals surface area (Å²) in [6, 6.07) is 8.05. The third kappa shape index (κ3) is 3.46. The predicted molar refractivity (Wildman–Crippen MR) is 83.3 cm³/mol. The summed E-state index contributed by atoms with van der Waals surface area (Å²) in [6.07, 6.45) is 8.06. The van der Waals surface area contributed by atoms with Gasteiger partial charge in [0.05, 0.1) is 5.92 Å². The number of carboxylic acids is 1. The quantitative estimate of drug-likeness (QED) is 0.863. The van der Waals surface area contributed by atoms with Gasteiger partial charge in [0.15, 0.2) is 0 Å². The van der Waals surface area contributed by atoms with Crippen LogP contribution < -0.4 is 0 Å². The Morgan fingerprint density at radius 3 is 2.57 bits per heavy atom. The zero-order chi connectivity index (χ0) is 14.7. The third-order valence-electron chi connectivity index (χ3n) is 5.05. The van der Waals surface area contributed by atoms with Crippen LogP contribution in [0.1, 0.15) is 55.6 Å². The van der Waals surface area contributed by atoms with Crippen LogP contribution in [0.5, 0.6) is 0 Å². The lowest BCUT2D eigenvalue weighted by molar-refractivity contribution is -0.139. The maximum Gasteiger partial charge on any atom is 0.312 e. The summed E-state index contributed by atoms with van der Waals surface area (Å²) in [6.45, 7) is 2.65. The highest BCUT2D eigenvalue weighted by Crippen LogP contribution is 2.31. The second-order valence-corrected chi connectivity index (χ2v) is 6.64. The van der Waals surface area contributed by atoms with E-state index in [-0.39, 0.29) is 5.92 Å². The fourth-order valence-corrected chi connectivity index (χ4v) is 3.94. The van der Waals surface area contributed by atoms with Gasteiger partial charge < -0.3 is 5.11 Å². The zero-order valence-corrected chi connectivity index (χ0v) is 12.6. The molecule has 1 aromatic rings. The van der Waals surface area contributed by atoms with E-state index < -0.39 is 5.97 Å². The lowest BCUT2D eigenvalue weighted by Gasteiger charge is -2.34. The van der Waals surface area contributed by atoms with Crippen molar-refractivity contribution in [2.24, 2.45) is 5.92 Å². The Hall–Kier alpha value is -1.35. The maximum atomic E-state index is 11.6. The van der Waals surface area contributed by atoms with Crippen molar-refractivity contribution in [2.75, 3.05) is 13.1 Å². The lowest BCUT2D eigenvalue weighted by atomic mass is 9.88. The Morgan fingerprint density at radius 1 is 1.14 bits per heavy atom. The fourth-order valence-electron chi connectivity index (χ4n) is 3.94. The van der Waals surface area contributed by atoms with Crippen molar-refractivity contribution >= 4 is 5.97 Å². The number of benzene rings is 1. The molecule has 0 bridgehead atoms. The molecule has 114 valence electrons. The molecule has 1 fully saturated rings. The van der Waals surface area contributed by atoms with Crippen molar-refractivity contribution in [3.63, 3.8) is 0 Å². The van der Waals surface area contributed by atoms with Crippen LogP contribution in [0.2, 0.25) is 0 Å². The van der Waals surface area contributed by atoms with E-state index in [0.717, 1.165) is 24.6 Å². The number of nitrogens with zero attached hydrogens (tertiary/aromatic N) is 1. The van der Waals surface area contributed by atoms with E-state index in [0.29, 0.717) is 6.54 Å². The molecule has 1 saturated carbocycles. The average molecular weight is 287 g/mol. The van der Waals surface area contributed by atoms with E-state index in [9.17, 15) is 9.90 Å². The maximum absolute atomic E-state index is 11.6. The van der Waals surface area contributed by atoms with Gasteiger partial charge in [-0.1, -0.05) is 49.9 Å². The summed E-state index contributed by atoms with van der Waals surface area (Å²) in [7, 11) is 0. The molecule has 1 atom stereocenters. The van der Waals surface area contributed by atoms with E-state index in [1.807, 2.05) is 18.2 Å². The van der Waals surface area contributed by atoms with Crippen molar-refractivity contribution in [3.05, 3.63) is 35.4 Å². The number of carboxylic acid groups (broad SMARTS) is 1. The first-order chi connectivity index (χ1) is 10.2. The van der Waals surface area contributed by atoms with Crippen LogP contribution in [0.4, 0.5) is 0 Å². The van der Waals surface area contributed by atoms with Gasteiger partial charge in [-0.25, -0.2) is 0 Å². The van der Waals surface area contributed by atoms with E-state index >= 15 is 0 Å². The zero-order valence-electron chi connectivity index (χ0n) is 12.6. The summed E-state index contributed by atoms with van der Waals surface area (Å²) in [5.41, 5.74) is 2.21. The number of carbonyl (C=O) groups is 1. The molecule has 3 nitrogen and oxygen atoms in total. The SMILES string of the molecule is O=C(O)C1CN(CC2CCCCCC2)Cc2ccccc21. The largest absolute Gasteiger partial charge is 0.481 e. The van der Waals surface area contributed by atoms with Gasteiger partial charge in [0.2, 0.25) is 0 Å². The topological polar surface area (TPSA) is 40.5 Å². The lowest BCUT2D eigenvalue weighted by Crippen LogP contribution is -2.39. The van der Waals surface area contributed by atoms with Crippen LogP contribution in [0.15, 0.2) is 24.3 Å². The summed E-state index contributed by atoms with van der Waals surface area (Å²) in [5, 5.41) is 9.53. The number of fused-ring (bicyclic) bond motifs is 1. The van der Waals surface area contributed by atoms with E-state index in [4.69, 9.17) is 0 Å². The van der Waals surface area contributed by atoms with Crippen molar-refractivity contribution < 1.29 is 9.90 Å². The Labute approximate surface area is 127 Å². The van der Waals surface area contributed by atoms with Gasteiger partial charge in [-0.15, -0.1) is 0 Å². The van der Waals surface area contributed by atoms with Crippen LogP contribution in [-0.4, -0.2) is 29.1 Å². The highest BCUT2D eigenvalue weighted by molar-refractivity contribution is 5.77. The number of aliphatic carboxylic acids is 1. The van der Waals surface area contributed by atoms with Gasteiger partial charge in [-0.3, -0.25) is 9.69 Å². The Kier molecular flexibility index (Phi) is 4.59. The fraction of sp³-hybridized carbons (Fsp3) is 0.611. The molecule has 0 saturated heterocycles. The molecule has 21 heavy (non-hydrogen) atoms. The highest BCUT2D eigenvalue weighted by atomic mass is 16.4. The number of hydrogen-bond donors (Lipinski definition) is 1. The summed E-state index contributed by atoms with van der Waals surface area (Å²) >= 11 is 0. The minimum atomic E-state index is -0.687. The molecule has 2 aliphatic rings. The molecule has 0 amide bonds. The van der Waals surface area contributed by atoms with Crippen LogP contribution in [-0.2, 0) is 11.3 Å². The standard InChI is InChI=1S/C18H25NO2/c20-18(21)17-13-19(11-14-7-3-1-2-4-8-14)12-15-9-5-6-10-16(15)17/h5-6,9-10,14,17H,1-4,7-8,11-13H2,(H,20,21). The molecule has 1 N–H and O–H groups in total. The molecule has 0 aromatic heterocycles. The second-order valence-electron chi connectivity index (χ2n) is 6.64.